The van der Waals surface area contributed by atoms with Crippen molar-refractivity contribution in [1.82, 2.24) is 25.3 Å². The average Bonchev–Trinajstić information content (AvgIpc) is 3.72. The highest BCUT2D eigenvalue weighted by Gasteiger charge is 2.26. The number of nitrogens with zero attached hydrogens (tertiary/aromatic N) is 4. The van der Waals surface area contributed by atoms with Crippen LogP contribution in [0, 0.1) is 6.92 Å². The molecule has 0 spiro atoms. The minimum atomic E-state index is -0.132. The van der Waals surface area contributed by atoms with Crippen molar-refractivity contribution in [1.29, 1.82) is 0 Å². The Hall–Kier alpha value is -4.50. The summed E-state index contributed by atoms with van der Waals surface area (Å²) in [5.41, 5.74) is 3.43. The van der Waals surface area contributed by atoms with Crippen LogP contribution in [-0.2, 0) is 17.9 Å². The Bertz CT molecular complexity index is 1520. The molecule has 1 N–H and O–H groups in total. The summed E-state index contributed by atoms with van der Waals surface area (Å²) in [7, 11) is 0. The molecule has 6 rings (SSSR count). The van der Waals surface area contributed by atoms with Gasteiger partial charge in [0, 0.05) is 61.9 Å². The van der Waals surface area contributed by atoms with E-state index in [1.165, 1.54) is 5.56 Å². The van der Waals surface area contributed by atoms with E-state index in [0.29, 0.717) is 41.7 Å². The molecule has 2 aliphatic heterocycles. The Kier molecular flexibility index (Phi) is 7.78. The third kappa shape index (κ3) is 6.47. The van der Waals surface area contributed by atoms with E-state index in [9.17, 15) is 9.59 Å². The summed E-state index contributed by atoms with van der Waals surface area (Å²) < 4.78 is 11.6. The Morgan fingerprint density at radius 2 is 1.88 bits per heavy atom. The molecule has 2 saturated heterocycles. The van der Waals surface area contributed by atoms with E-state index in [-0.39, 0.29) is 17.9 Å². The van der Waals surface area contributed by atoms with Crippen molar-refractivity contribution >= 4 is 11.8 Å². The van der Waals surface area contributed by atoms with Crippen molar-refractivity contribution in [2.75, 3.05) is 19.6 Å². The number of nitrogens with one attached hydrogen (secondary N) is 1. The number of rotatable bonds is 9. The van der Waals surface area contributed by atoms with Crippen molar-refractivity contribution in [3.05, 3.63) is 95.3 Å². The number of hydrogen-bond donors (Lipinski definition) is 1. The molecule has 3 aromatic carbocycles. The van der Waals surface area contributed by atoms with E-state index in [2.05, 4.69) is 44.6 Å². The van der Waals surface area contributed by atoms with Crippen LogP contribution in [0.3, 0.4) is 0 Å². The van der Waals surface area contributed by atoms with E-state index < -0.39 is 0 Å². The van der Waals surface area contributed by atoms with Gasteiger partial charge >= 0.3 is 0 Å². The van der Waals surface area contributed by atoms with Crippen molar-refractivity contribution in [3.63, 3.8) is 0 Å². The summed E-state index contributed by atoms with van der Waals surface area (Å²) in [5.74, 6) is 2.17. The largest absolute Gasteiger partial charge is 0.457 e. The maximum atomic E-state index is 13.3. The van der Waals surface area contributed by atoms with Gasteiger partial charge in [-0.15, -0.1) is 0 Å². The molecule has 0 aliphatic carbocycles. The van der Waals surface area contributed by atoms with Gasteiger partial charge in [0.2, 0.25) is 5.91 Å². The second kappa shape index (κ2) is 11.9. The zero-order valence-electron chi connectivity index (χ0n) is 23.1. The maximum Gasteiger partial charge on any atom is 0.257 e. The summed E-state index contributed by atoms with van der Waals surface area (Å²) >= 11 is 0. The number of aromatic nitrogens is 2. The van der Waals surface area contributed by atoms with Crippen molar-refractivity contribution in [2.45, 2.75) is 45.3 Å². The molecular formula is C32H33N5O4. The number of hydrogen-bond acceptors (Lipinski definition) is 7. The summed E-state index contributed by atoms with van der Waals surface area (Å²) in [6, 6.07) is 23.3. The minimum Gasteiger partial charge on any atom is -0.457 e. The topological polar surface area (TPSA) is 101 Å². The van der Waals surface area contributed by atoms with Crippen molar-refractivity contribution in [2.24, 2.45) is 0 Å². The first kappa shape index (κ1) is 26.7. The monoisotopic (exact) mass is 551 g/mol. The molecule has 0 saturated carbocycles. The molecule has 1 aromatic heterocycles. The number of ether oxygens (including phenoxy) is 1. The van der Waals surface area contributed by atoms with Crippen LogP contribution in [0.15, 0.2) is 77.3 Å². The molecule has 9 heteroatoms. The summed E-state index contributed by atoms with van der Waals surface area (Å²) in [4.78, 5) is 34.1. The number of carbonyl (C=O) groups excluding carboxylic acids is 2. The highest BCUT2D eigenvalue weighted by atomic mass is 16.5. The number of aryl methyl sites for hydroxylation is 1. The second-order valence-corrected chi connectivity index (χ2v) is 10.7. The molecule has 3 heterocycles. The Balaban J connectivity index is 1.16. The van der Waals surface area contributed by atoms with Gasteiger partial charge in [0.1, 0.15) is 11.5 Å². The third-order valence-electron chi connectivity index (χ3n) is 7.58. The average molecular weight is 552 g/mol. The number of benzene rings is 3. The van der Waals surface area contributed by atoms with E-state index in [1.54, 1.807) is 13.0 Å². The third-order valence-corrected chi connectivity index (χ3v) is 7.58. The fourth-order valence-corrected chi connectivity index (χ4v) is 5.41. The number of amides is 2. The fraction of sp³-hybridized carbons (Fsp3) is 0.312. The van der Waals surface area contributed by atoms with Gasteiger partial charge in [-0.2, -0.15) is 4.98 Å². The normalized spacial score (nSPS) is 17.2. The van der Waals surface area contributed by atoms with Gasteiger partial charge in [0.25, 0.3) is 11.8 Å². The molecule has 0 bridgehead atoms. The van der Waals surface area contributed by atoms with E-state index in [0.717, 1.165) is 50.1 Å². The Morgan fingerprint density at radius 3 is 2.61 bits per heavy atom. The molecule has 2 aliphatic rings. The first-order valence-corrected chi connectivity index (χ1v) is 14.1. The molecular weight excluding hydrogens is 518 g/mol. The minimum absolute atomic E-state index is 0.0818. The molecule has 4 aromatic rings. The van der Waals surface area contributed by atoms with Gasteiger partial charge in [0.05, 0.1) is 0 Å². The maximum absolute atomic E-state index is 13.3. The van der Waals surface area contributed by atoms with E-state index >= 15 is 0 Å². The van der Waals surface area contributed by atoms with E-state index in [1.807, 2.05) is 47.4 Å². The standard InChI is InChI=1S/C32H33N5O4/c1-22-33-32(41-35-22)24-11-13-28(14-12-24)40-29-18-25(9-10-26(29)20-37-16-5-8-30(37)38)31(39)34-27-15-17-36(21-27)19-23-6-3-2-4-7-23/h2-4,6-7,9-14,18,27H,5,8,15-17,19-21H2,1H3,(H,34,39)/t27-/m1/s1. The zero-order valence-corrected chi connectivity index (χ0v) is 23.1. The highest BCUT2D eigenvalue weighted by molar-refractivity contribution is 5.95. The summed E-state index contributed by atoms with van der Waals surface area (Å²) in [6.45, 7) is 5.56. The van der Waals surface area contributed by atoms with Gasteiger partial charge < -0.3 is 19.5 Å². The second-order valence-electron chi connectivity index (χ2n) is 10.7. The molecule has 41 heavy (non-hydrogen) atoms. The molecule has 0 unspecified atom stereocenters. The Labute approximate surface area is 239 Å². The van der Waals surface area contributed by atoms with Crippen LogP contribution in [-0.4, -0.2) is 57.4 Å². The van der Waals surface area contributed by atoms with Crippen LogP contribution < -0.4 is 10.1 Å². The molecule has 1 atom stereocenters. The SMILES string of the molecule is Cc1noc(-c2ccc(Oc3cc(C(=O)N[C@@H]4CCN(Cc5ccccc5)C4)ccc3CN3CCCC3=O)cc2)n1. The predicted octanol–water partition coefficient (Wildman–Crippen LogP) is 4.96. The first-order valence-electron chi connectivity index (χ1n) is 14.1. The lowest BCUT2D eigenvalue weighted by atomic mass is 10.1. The zero-order chi connectivity index (χ0) is 28.2. The van der Waals surface area contributed by atoms with Crippen LogP contribution in [0.1, 0.15) is 46.6 Å². The molecule has 9 nitrogen and oxygen atoms in total. The van der Waals surface area contributed by atoms with Crippen molar-refractivity contribution < 1.29 is 18.8 Å². The lowest BCUT2D eigenvalue weighted by Crippen LogP contribution is -2.37. The quantitative estimate of drug-likeness (QED) is 0.314. The fourth-order valence-electron chi connectivity index (χ4n) is 5.41. The van der Waals surface area contributed by atoms with Gasteiger partial charge in [0.15, 0.2) is 5.82 Å². The smallest absolute Gasteiger partial charge is 0.257 e. The molecule has 0 radical (unpaired) electrons. The number of likely N-dealkylation sites (tertiary alicyclic amines) is 2. The van der Waals surface area contributed by atoms with Crippen LogP contribution in [0.4, 0.5) is 0 Å². The lowest BCUT2D eigenvalue weighted by Gasteiger charge is -2.20. The first-order chi connectivity index (χ1) is 20.0. The molecule has 2 amide bonds. The molecule has 2 fully saturated rings. The van der Waals surface area contributed by atoms with Crippen LogP contribution in [0.5, 0.6) is 11.5 Å². The van der Waals surface area contributed by atoms with E-state index in [4.69, 9.17) is 9.26 Å². The lowest BCUT2D eigenvalue weighted by molar-refractivity contribution is -0.128. The highest BCUT2D eigenvalue weighted by Crippen LogP contribution is 2.30. The van der Waals surface area contributed by atoms with Crippen LogP contribution >= 0.6 is 0 Å². The predicted molar refractivity (Wildman–Crippen MR) is 153 cm³/mol. The summed E-state index contributed by atoms with van der Waals surface area (Å²) in [5, 5.41) is 7.05. The Morgan fingerprint density at radius 1 is 1.05 bits per heavy atom. The molecule has 210 valence electrons. The van der Waals surface area contributed by atoms with Gasteiger partial charge in [-0.25, -0.2) is 0 Å². The number of carbonyl (C=O) groups is 2. The van der Waals surface area contributed by atoms with Crippen LogP contribution in [0.2, 0.25) is 0 Å². The van der Waals surface area contributed by atoms with Crippen LogP contribution in [0.25, 0.3) is 11.5 Å². The summed E-state index contributed by atoms with van der Waals surface area (Å²) in [6.07, 6.45) is 2.33. The van der Waals surface area contributed by atoms with Gasteiger partial charge in [-0.05, 0) is 61.7 Å². The van der Waals surface area contributed by atoms with Crippen molar-refractivity contribution in [3.8, 4) is 23.0 Å². The van der Waals surface area contributed by atoms with Gasteiger partial charge in [-0.3, -0.25) is 14.5 Å². The van der Waals surface area contributed by atoms with Gasteiger partial charge in [-0.1, -0.05) is 41.6 Å².